The van der Waals surface area contributed by atoms with Crippen molar-refractivity contribution in [1.29, 1.82) is 0 Å². The van der Waals surface area contributed by atoms with E-state index in [4.69, 9.17) is 5.73 Å². The molecule has 1 nitrogen and oxygen atoms in total. The van der Waals surface area contributed by atoms with Crippen LogP contribution in [0, 0.1) is 25.5 Å². The number of benzene rings is 2. The second-order valence-electron chi connectivity index (χ2n) is 4.86. The van der Waals surface area contributed by atoms with Crippen molar-refractivity contribution in [2.24, 2.45) is 5.73 Å². The van der Waals surface area contributed by atoms with Crippen molar-refractivity contribution in [3.8, 4) is 0 Å². The molecule has 0 spiro atoms. The molecule has 0 saturated carbocycles. The summed E-state index contributed by atoms with van der Waals surface area (Å²) in [6, 6.07) is 9.18. The Labute approximate surface area is 112 Å². The Morgan fingerprint density at radius 3 is 2.21 bits per heavy atom. The van der Waals surface area contributed by atoms with E-state index in [9.17, 15) is 8.78 Å². The third-order valence-corrected chi connectivity index (χ3v) is 3.33. The minimum absolute atomic E-state index is 0.254. The van der Waals surface area contributed by atoms with Gasteiger partial charge in [0.2, 0.25) is 0 Å². The highest BCUT2D eigenvalue weighted by molar-refractivity contribution is 5.37. The molecule has 0 saturated heterocycles. The molecule has 100 valence electrons. The van der Waals surface area contributed by atoms with Crippen LogP contribution < -0.4 is 5.73 Å². The first kappa shape index (κ1) is 13.7. The first-order chi connectivity index (χ1) is 8.99. The van der Waals surface area contributed by atoms with Crippen LogP contribution >= 0.6 is 0 Å². The van der Waals surface area contributed by atoms with E-state index in [2.05, 4.69) is 0 Å². The lowest BCUT2D eigenvalue weighted by Gasteiger charge is -2.18. The molecule has 0 aromatic heterocycles. The molecule has 0 bridgehead atoms. The molecule has 2 aromatic carbocycles. The summed E-state index contributed by atoms with van der Waals surface area (Å²) in [6.45, 7) is 3.65. The summed E-state index contributed by atoms with van der Waals surface area (Å²) in [5, 5.41) is 0. The first-order valence-electron chi connectivity index (χ1n) is 6.24. The average Bonchev–Trinajstić information content (AvgIpc) is 2.30. The van der Waals surface area contributed by atoms with Gasteiger partial charge in [0, 0.05) is 6.04 Å². The average molecular weight is 261 g/mol. The summed E-state index contributed by atoms with van der Waals surface area (Å²) in [5.74, 6) is -0.521. The quantitative estimate of drug-likeness (QED) is 0.893. The molecule has 0 fully saturated rings. The zero-order valence-electron chi connectivity index (χ0n) is 11.1. The molecule has 0 amide bonds. The molecular formula is C16H17F2N. The molecule has 0 aliphatic rings. The molecule has 1 atom stereocenters. The fraction of sp³-hybridized carbons (Fsp3) is 0.250. The van der Waals surface area contributed by atoms with Gasteiger partial charge in [0.1, 0.15) is 11.6 Å². The molecule has 1 unspecified atom stereocenters. The van der Waals surface area contributed by atoms with Crippen molar-refractivity contribution < 1.29 is 8.78 Å². The second kappa shape index (κ2) is 5.49. The van der Waals surface area contributed by atoms with Gasteiger partial charge >= 0.3 is 0 Å². The Balaban J connectivity index is 2.31. The summed E-state index contributed by atoms with van der Waals surface area (Å²) in [6.07, 6.45) is 0.403. The van der Waals surface area contributed by atoms with E-state index in [1.165, 1.54) is 18.2 Å². The Morgan fingerprint density at radius 1 is 1.05 bits per heavy atom. The van der Waals surface area contributed by atoms with Crippen LogP contribution in [0.5, 0.6) is 0 Å². The molecular weight excluding hydrogens is 244 g/mol. The topological polar surface area (TPSA) is 26.0 Å². The molecule has 3 heteroatoms. The van der Waals surface area contributed by atoms with Crippen molar-refractivity contribution in [2.45, 2.75) is 26.3 Å². The lowest BCUT2D eigenvalue weighted by molar-refractivity contribution is 0.589. The molecule has 0 heterocycles. The van der Waals surface area contributed by atoms with Crippen LogP contribution in [0.2, 0.25) is 0 Å². The monoisotopic (exact) mass is 261 g/mol. The second-order valence-corrected chi connectivity index (χ2v) is 4.86. The van der Waals surface area contributed by atoms with Crippen LogP contribution in [0.1, 0.15) is 28.3 Å². The van der Waals surface area contributed by atoms with Gasteiger partial charge in [0.15, 0.2) is 0 Å². The maximum Gasteiger partial charge on any atom is 0.126 e. The molecule has 2 rings (SSSR count). The largest absolute Gasteiger partial charge is 0.324 e. The first-order valence-corrected chi connectivity index (χ1v) is 6.24. The normalized spacial score (nSPS) is 12.5. The van der Waals surface area contributed by atoms with Gasteiger partial charge in [0.25, 0.3) is 0 Å². The molecule has 0 aliphatic heterocycles. The van der Waals surface area contributed by atoms with E-state index in [0.717, 1.165) is 16.7 Å². The highest BCUT2D eigenvalue weighted by atomic mass is 19.1. The lowest BCUT2D eigenvalue weighted by atomic mass is 9.92. The maximum atomic E-state index is 13.6. The van der Waals surface area contributed by atoms with Gasteiger partial charge in [-0.3, -0.25) is 0 Å². The van der Waals surface area contributed by atoms with Crippen LogP contribution in [0.3, 0.4) is 0 Å². The standard InChI is InChI=1S/C16H17F2N/c1-10-7-13(17)8-11(2)16(10)15(19)9-12-5-3-4-6-14(12)18/h3-8,15H,9,19H2,1-2H3. The summed E-state index contributed by atoms with van der Waals surface area (Å²) < 4.78 is 26.9. The number of hydrogen-bond acceptors (Lipinski definition) is 1. The highest BCUT2D eigenvalue weighted by Crippen LogP contribution is 2.25. The third-order valence-electron chi connectivity index (χ3n) is 3.33. The third kappa shape index (κ3) is 2.99. The van der Waals surface area contributed by atoms with Crippen LogP contribution in [0.15, 0.2) is 36.4 Å². The van der Waals surface area contributed by atoms with Crippen LogP contribution in [-0.4, -0.2) is 0 Å². The minimum atomic E-state index is -0.336. The lowest BCUT2D eigenvalue weighted by Crippen LogP contribution is -2.17. The molecule has 0 aliphatic carbocycles. The van der Waals surface area contributed by atoms with E-state index in [1.807, 2.05) is 13.8 Å². The van der Waals surface area contributed by atoms with Gasteiger partial charge in [0.05, 0.1) is 0 Å². The van der Waals surface area contributed by atoms with Gasteiger partial charge in [-0.05, 0) is 60.7 Å². The van der Waals surface area contributed by atoms with Crippen molar-refractivity contribution in [2.75, 3.05) is 0 Å². The Hall–Kier alpha value is -1.74. The SMILES string of the molecule is Cc1cc(F)cc(C)c1C(N)Cc1ccccc1F. The molecule has 2 aromatic rings. The minimum Gasteiger partial charge on any atom is -0.324 e. The highest BCUT2D eigenvalue weighted by Gasteiger charge is 2.15. The predicted molar refractivity (Wildman–Crippen MR) is 72.9 cm³/mol. The Kier molecular flexibility index (Phi) is 3.96. The van der Waals surface area contributed by atoms with E-state index < -0.39 is 0 Å². The zero-order chi connectivity index (χ0) is 14.0. The van der Waals surface area contributed by atoms with Crippen molar-refractivity contribution >= 4 is 0 Å². The van der Waals surface area contributed by atoms with Crippen LogP contribution in [-0.2, 0) is 6.42 Å². The summed E-state index contributed by atoms with van der Waals surface area (Å²) in [5.41, 5.74) is 9.25. The predicted octanol–water partition coefficient (Wildman–Crippen LogP) is 3.82. The molecule has 19 heavy (non-hydrogen) atoms. The zero-order valence-corrected chi connectivity index (χ0v) is 11.1. The van der Waals surface area contributed by atoms with Crippen molar-refractivity contribution in [3.63, 3.8) is 0 Å². The van der Waals surface area contributed by atoms with Gasteiger partial charge < -0.3 is 5.73 Å². The molecule has 0 radical (unpaired) electrons. The Morgan fingerprint density at radius 2 is 1.63 bits per heavy atom. The molecule has 2 N–H and O–H groups in total. The number of aryl methyl sites for hydroxylation is 2. The fourth-order valence-corrected chi connectivity index (χ4v) is 2.51. The van der Waals surface area contributed by atoms with E-state index in [1.54, 1.807) is 18.2 Å². The van der Waals surface area contributed by atoms with Crippen LogP contribution in [0.4, 0.5) is 8.78 Å². The summed E-state index contributed by atoms with van der Waals surface area (Å²) in [4.78, 5) is 0. The smallest absolute Gasteiger partial charge is 0.126 e. The van der Waals surface area contributed by atoms with E-state index >= 15 is 0 Å². The van der Waals surface area contributed by atoms with Crippen molar-refractivity contribution in [1.82, 2.24) is 0 Å². The van der Waals surface area contributed by atoms with Gasteiger partial charge in [-0.25, -0.2) is 8.78 Å². The fourth-order valence-electron chi connectivity index (χ4n) is 2.51. The number of hydrogen-bond donors (Lipinski definition) is 1. The van der Waals surface area contributed by atoms with Gasteiger partial charge in [-0.1, -0.05) is 18.2 Å². The number of nitrogens with two attached hydrogens (primary N) is 1. The summed E-state index contributed by atoms with van der Waals surface area (Å²) in [7, 11) is 0. The number of halogens is 2. The summed E-state index contributed by atoms with van der Waals surface area (Å²) >= 11 is 0. The Bertz CT molecular complexity index is 570. The van der Waals surface area contributed by atoms with E-state index in [-0.39, 0.29) is 17.7 Å². The van der Waals surface area contributed by atoms with Crippen LogP contribution in [0.25, 0.3) is 0 Å². The number of rotatable bonds is 3. The van der Waals surface area contributed by atoms with Crippen molar-refractivity contribution in [3.05, 3.63) is 70.3 Å². The maximum absolute atomic E-state index is 13.6. The van der Waals surface area contributed by atoms with E-state index in [0.29, 0.717) is 12.0 Å². The van der Waals surface area contributed by atoms with Gasteiger partial charge in [-0.2, -0.15) is 0 Å². The van der Waals surface area contributed by atoms with Gasteiger partial charge in [-0.15, -0.1) is 0 Å².